The fourth-order valence-electron chi connectivity index (χ4n) is 0.929. The molecule has 1 rings (SSSR count). The summed E-state index contributed by atoms with van der Waals surface area (Å²) in [5, 5.41) is 18.7. The minimum atomic E-state index is -5.03. The summed E-state index contributed by atoms with van der Waals surface area (Å²) in [6.45, 7) is 0. The van der Waals surface area contributed by atoms with Crippen LogP contribution in [0.3, 0.4) is 0 Å². The van der Waals surface area contributed by atoms with Gasteiger partial charge in [0.2, 0.25) is 0 Å². The molecule has 0 radical (unpaired) electrons. The minimum absolute atomic E-state index is 0.174. The average Bonchev–Trinajstić information content (AvgIpc) is 2.15. The van der Waals surface area contributed by atoms with E-state index in [2.05, 4.69) is 4.98 Å². The van der Waals surface area contributed by atoms with Crippen LogP contribution in [0, 0.1) is 10.1 Å². The number of carboxylic acids is 1. The van der Waals surface area contributed by atoms with Gasteiger partial charge in [-0.2, -0.15) is 13.2 Å². The zero-order valence-electron chi connectivity index (χ0n) is 7.35. The molecule has 0 aromatic carbocycles. The Balaban J connectivity index is 3.45. The third-order valence-electron chi connectivity index (χ3n) is 1.59. The van der Waals surface area contributed by atoms with E-state index >= 15 is 0 Å². The Morgan fingerprint density at radius 3 is 2.44 bits per heavy atom. The molecule has 0 aliphatic carbocycles. The smallest absolute Gasteiger partial charge is 0.424 e. The van der Waals surface area contributed by atoms with Crippen LogP contribution in [0.2, 0.25) is 0 Å². The van der Waals surface area contributed by atoms with Crippen LogP contribution in [-0.4, -0.2) is 21.0 Å². The van der Waals surface area contributed by atoms with Gasteiger partial charge in [0, 0.05) is 0 Å². The molecule has 1 N–H and O–H groups in total. The van der Waals surface area contributed by atoms with Crippen molar-refractivity contribution in [2.75, 3.05) is 0 Å². The zero-order chi connectivity index (χ0) is 12.5. The highest BCUT2D eigenvalue weighted by molar-refractivity contribution is 5.87. The molecule has 0 aliphatic heterocycles. The van der Waals surface area contributed by atoms with Gasteiger partial charge in [0.05, 0.1) is 0 Å². The SMILES string of the molecule is O=C(O)c1cnc([N+](=O)[O-])c(C(F)(F)F)c1. The predicted molar refractivity (Wildman–Crippen MR) is 42.9 cm³/mol. The number of carboxylic acid groups (broad SMARTS) is 1. The molecule has 0 aliphatic rings. The largest absolute Gasteiger partial charge is 0.478 e. The van der Waals surface area contributed by atoms with E-state index in [0.717, 1.165) is 0 Å². The number of nitro groups is 1. The zero-order valence-corrected chi connectivity index (χ0v) is 7.35. The Labute approximate surface area is 85.5 Å². The monoisotopic (exact) mass is 236 g/mol. The Morgan fingerprint density at radius 2 is 2.06 bits per heavy atom. The molecule has 1 aromatic rings. The molecule has 0 unspecified atom stereocenters. The molecule has 0 fully saturated rings. The van der Waals surface area contributed by atoms with Gasteiger partial charge in [0.1, 0.15) is 5.56 Å². The van der Waals surface area contributed by atoms with Crippen molar-refractivity contribution in [2.24, 2.45) is 0 Å². The minimum Gasteiger partial charge on any atom is -0.478 e. The van der Waals surface area contributed by atoms with Gasteiger partial charge in [0.25, 0.3) is 0 Å². The van der Waals surface area contributed by atoms with E-state index in [4.69, 9.17) is 5.11 Å². The standard InChI is InChI=1S/C7H3F3N2O4/c8-7(9,10)4-1-3(6(13)14)2-11-5(4)12(15)16/h1-2H,(H,13,14). The van der Waals surface area contributed by atoms with Crippen molar-refractivity contribution in [3.8, 4) is 0 Å². The first-order chi connectivity index (χ1) is 7.23. The van der Waals surface area contributed by atoms with Crippen molar-refractivity contribution in [1.82, 2.24) is 4.98 Å². The number of rotatable bonds is 2. The quantitative estimate of drug-likeness (QED) is 0.623. The fourth-order valence-corrected chi connectivity index (χ4v) is 0.929. The Bertz CT molecular complexity index is 457. The van der Waals surface area contributed by atoms with Crippen LogP contribution in [0.25, 0.3) is 0 Å². The van der Waals surface area contributed by atoms with Crippen molar-refractivity contribution in [1.29, 1.82) is 0 Å². The lowest BCUT2D eigenvalue weighted by molar-refractivity contribution is -0.392. The summed E-state index contributed by atoms with van der Waals surface area (Å²) in [6, 6.07) is 0.174. The lowest BCUT2D eigenvalue weighted by atomic mass is 10.2. The van der Waals surface area contributed by atoms with E-state index in [1.54, 1.807) is 0 Å². The summed E-state index contributed by atoms with van der Waals surface area (Å²) in [5.41, 5.74) is -2.45. The molecular weight excluding hydrogens is 233 g/mol. The Hall–Kier alpha value is -2.19. The van der Waals surface area contributed by atoms with E-state index in [1.807, 2.05) is 0 Å². The van der Waals surface area contributed by atoms with E-state index in [-0.39, 0.29) is 6.07 Å². The third-order valence-corrected chi connectivity index (χ3v) is 1.59. The molecule has 0 saturated carbocycles. The highest BCUT2D eigenvalue weighted by Gasteiger charge is 2.40. The van der Waals surface area contributed by atoms with Crippen LogP contribution in [-0.2, 0) is 6.18 Å². The molecule has 0 amide bonds. The lowest BCUT2D eigenvalue weighted by Gasteiger charge is -2.06. The van der Waals surface area contributed by atoms with Gasteiger partial charge >= 0.3 is 18.0 Å². The average molecular weight is 236 g/mol. The molecule has 0 saturated heterocycles. The van der Waals surface area contributed by atoms with Gasteiger partial charge in [0.15, 0.2) is 11.8 Å². The van der Waals surface area contributed by atoms with Gasteiger partial charge in [-0.25, -0.2) is 4.79 Å². The number of aromatic carboxylic acids is 1. The summed E-state index contributed by atoms with van der Waals surface area (Å²) >= 11 is 0. The Morgan fingerprint density at radius 1 is 1.50 bits per heavy atom. The molecule has 9 heteroatoms. The van der Waals surface area contributed by atoms with E-state index in [9.17, 15) is 28.1 Å². The van der Waals surface area contributed by atoms with Crippen LogP contribution < -0.4 is 0 Å². The topological polar surface area (TPSA) is 93.3 Å². The number of halogens is 3. The molecule has 1 aromatic heterocycles. The maximum Gasteiger partial charge on any atom is 0.424 e. The summed E-state index contributed by atoms with van der Waals surface area (Å²) < 4.78 is 36.9. The van der Waals surface area contributed by atoms with E-state index in [1.165, 1.54) is 0 Å². The maximum absolute atomic E-state index is 12.3. The van der Waals surface area contributed by atoms with Crippen LogP contribution in [0.5, 0.6) is 0 Å². The van der Waals surface area contributed by atoms with Crippen LogP contribution in [0.1, 0.15) is 15.9 Å². The molecule has 6 nitrogen and oxygen atoms in total. The van der Waals surface area contributed by atoms with Crippen molar-refractivity contribution in [2.45, 2.75) is 6.18 Å². The van der Waals surface area contributed by atoms with Crippen molar-refractivity contribution < 1.29 is 28.0 Å². The molecule has 86 valence electrons. The van der Waals surface area contributed by atoms with Crippen molar-refractivity contribution in [3.63, 3.8) is 0 Å². The number of hydrogen-bond acceptors (Lipinski definition) is 4. The second-order valence-corrected chi connectivity index (χ2v) is 2.66. The number of aromatic nitrogens is 1. The highest BCUT2D eigenvalue weighted by Crippen LogP contribution is 2.35. The van der Waals surface area contributed by atoms with Crippen LogP contribution in [0.4, 0.5) is 19.0 Å². The number of nitrogens with zero attached hydrogens (tertiary/aromatic N) is 2. The number of carbonyl (C=O) groups is 1. The normalized spacial score (nSPS) is 11.2. The van der Waals surface area contributed by atoms with Crippen LogP contribution in [0.15, 0.2) is 12.3 Å². The summed E-state index contributed by atoms with van der Waals surface area (Å²) in [4.78, 5) is 22.2. The molecule has 0 spiro atoms. The number of alkyl halides is 3. The van der Waals surface area contributed by atoms with E-state index in [0.29, 0.717) is 6.20 Å². The van der Waals surface area contributed by atoms with Gasteiger partial charge in [-0.15, -0.1) is 0 Å². The van der Waals surface area contributed by atoms with Crippen LogP contribution >= 0.6 is 0 Å². The van der Waals surface area contributed by atoms with Crippen molar-refractivity contribution >= 4 is 11.8 Å². The number of pyridine rings is 1. The van der Waals surface area contributed by atoms with Crippen molar-refractivity contribution in [3.05, 3.63) is 33.5 Å². The molecule has 16 heavy (non-hydrogen) atoms. The van der Waals surface area contributed by atoms with Gasteiger partial charge in [-0.3, -0.25) is 0 Å². The molecule has 0 atom stereocenters. The van der Waals surface area contributed by atoms with Gasteiger partial charge < -0.3 is 15.2 Å². The second-order valence-electron chi connectivity index (χ2n) is 2.66. The highest BCUT2D eigenvalue weighted by atomic mass is 19.4. The number of hydrogen-bond donors (Lipinski definition) is 1. The first-order valence-corrected chi connectivity index (χ1v) is 3.68. The van der Waals surface area contributed by atoms with E-state index < -0.39 is 34.0 Å². The summed E-state index contributed by atoms with van der Waals surface area (Å²) in [5.74, 6) is -3.06. The van der Waals surface area contributed by atoms with Gasteiger partial charge in [-0.1, -0.05) is 0 Å². The van der Waals surface area contributed by atoms with Gasteiger partial charge in [-0.05, 0) is 16.0 Å². The Kier molecular flexibility index (Phi) is 2.79. The first-order valence-electron chi connectivity index (χ1n) is 3.68. The lowest BCUT2D eigenvalue weighted by Crippen LogP contribution is -2.12. The molecule has 0 bridgehead atoms. The predicted octanol–water partition coefficient (Wildman–Crippen LogP) is 1.71. The second kappa shape index (κ2) is 3.76. The molecular formula is C7H3F3N2O4. The maximum atomic E-state index is 12.3. The summed E-state index contributed by atoms with van der Waals surface area (Å²) in [7, 11) is 0. The first kappa shape index (κ1) is 11.9. The fraction of sp³-hybridized carbons (Fsp3) is 0.143. The molecule has 1 heterocycles. The third kappa shape index (κ3) is 2.24. The summed E-state index contributed by atoms with van der Waals surface area (Å²) in [6.07, 6.45) is -4.53.